The van der Waals surface area contributed by atoms with E-state index in [9.17, 15) is 4.79 Å². The molecule has 0 aliphatic carbocycles. The van der Waals surface area contributed by atoms with Crippen LogP contribution >= 0.6 is 34.8 Å². The van der Waals surface area contributed by atoms with Crippen molar-refractivity contribution in [2.45, 2.75) is 6.61 Å². The van der Waals surface area contributed by atoms with Gasteiger partial charge >= 0.3 is 0 Å². The molecule has 3 aromatic rings. The molecule has 9 heteroatoms. The molecular formula is C20H14Cl3NO5. The molecule has 1 aliphatic rings. The van der Waals surface area contributed by atoms with Gasteiger partial charge in [0.25, 0.3) is 5.91 Å². The van der Waals surface area contributed by atoms with Crippen molar-refractivity contribution in [1.82, 2.24) is 0 Å². The third-order valence-corrected chi connectivity index (χ3v) is 4.79. The highest BCUT2D eigenvalue weighted by atomic mass is 35.5. The van der Waals surface area contributed by atoms with Crippen LogP contribution in [0.1, 0.15) is 16.3 Å². The molecule has 4 rings (SSSR count). The first-order valence-electron chi connectivity index (χ1n) is 8.56. The number of rotatable bonds is 5. The summed E-state index contributed by atoms with van der Waals surface area (Å²) in [4.78, 5) is 12.4. The van der Waals surface area contributed by atoms with E-state index in [0.717, 1.165) is 0 Å². The average Bonchev–Trinajstić information content (AvgIpc) is 3.16. The predicted molar refractivity (Wildman–Crippen MR) is 110 cm³/mol. The molecule has 1 amide bonds. The number of halogens is 3. The zero-order valence-electron chi connectivity index (χ0n) is 14.8. The Bertz CT molecular complexity index is 1040. The standard InChI is InChI=1S/C20H14Cl3NO5/c21-11-7-14(22)19(15(23)8-11)28-10-13-2-4-17(29-13)20(25)24-12-1-3-16-18(9-12)27-6-5-26-16/h1-4,7-9H,5-6,10H2,(H,24,25). The lowest BCUT2D eigenvalue weighted by atomic mass is 10.2. The molecule has 1 aromatic heterocycles. The number of amides is 1. The highest BCUT2D eigenvalue weighted by Crippen LogP contribution is 2.36. The summed E-state index contributed by atoms with van der Waals surface area (Å²) >= 11 is 18.1. The number of hydrogen-bond donors (Lipinski definition) is 1. The Morgan fingerprint density at radius 2 is 1.69 bits per heavy atom. The maximum absolute atomic E-state index is 12.4. The second kappa shape index (κ2) is 8.45. The minimum absolute atomic E-state index is 0.0401. The Morgan fingerprint density at radius 3 is 2.45 bits per heavy atom. The van der Waals surface area contributed by atoms with E-state index in [-0.39, 0.29) is 28.2 Å². The van der Waals surface area contributed by atoms with Gasteiger partial charge in [0.15, 0.2) is 23.0 Å². The SMILES string of the molecule is O=C(Nc1ccc2c(c1)OCCO2)c1ccc(COc2c(Cl)cc(Cl)cc2Cl)o1. The van der Waals surface area contributed by atoms with Crippen LogP contribution in [0.4, 0.5) is 5.69 Å². The molecule has 2 aromatic carbocycles. The molecule has 29 heavy (non-hydrogen) atoms. The number of fused-ring (bicyclic) bond motifs is 1. The molecular weight excluding hydrogens is 441 g/mol. The number of carbonyl (C=O) groups is 1. The molecule has 0 saturated carbocycles. The second-order valence-corrected chi connectivity index (χ2v) is 7.32. The Balaban J connectivity index is 1.40. The maximum Gasteiger partial charge on any atom is 0.291 e. The first kappa shape index (κ1) is 19.8. The molecule has 0 saturated heterocycles. The average molecular weight is 455 g/mol. The van der Waals surface area contributed by atoms with Crippen molar-refractivity contribution in [3.8, 4) is 17.2 Å². The quantitative estimate of drug-likeness (QED) is 0.524. The summed E-state index contributed by atoms with van der Waals surface area (Å²) in [5.74, 6) is 1.67. The fourth-order valence-electron chi connectivity index (χ4n) is 2.70. The Kier molecular flexibility index (Phi) is 5.76. The van der Waals surface area contributed by atoms with Crippen LogP contribution in [-0.2, 0) is 6.61 Å². The van der Waals surface area contributed by atoms with Gasteiger partial charge in [-0.05, 0) is 36.4 Å². The van der Waals surface area contributed by atoms with E-state index in [1.807, 2.05) is 0 Å². The lowest BCUT2D eigenvalue weighted by molar-refractivity contribution is 0.0992. The van der Waals surface area contributed by atoms with Gasteiger partial charge in [-0.3, -0.25) is 4.79 Å². The van der Waals surface area contributed by atoms with Gasteiger partial charge in [0.1, 0.15) is 25.6 Å². The molecule has 0 spiro atoms. The van der Waals surface area contributed by atoms with Crippen molar-refractivity contribution in [3.63, 3.8) is 0 Å². The van der Waals surface area contributed by atoms with E-state index in [0.29, 0.717) is 41.2 Å². The van der Waals surface area contributed by atoms with E-state index >= 15 is 0 Å². The van der Waals surface area contributed by atoms with E-state index in [1.54, 1.807) is 30.3 Å². The summed E-state index contributed by atoms with van der Waals surface area (Å²) in [6, 6.07) is 11.4. The number of carbonyl (C=O) groups excluding carboxylic acids is 1. The highest BCUT2D eigenvalue weighted by Gasteiger charge is 2.16. The topological polar surface area (TPSA) is 69.9 Å². The largest absolute Gasteiger partial charge is 0.486 e. The van der Waals surface area contributed by atoms with Crippen LogP contribution in [0.25, 0.3) is 0 Å². The molecule has 0 unspecified atom stereocenters. The molecule has 1 aliphatic heterocycles. The molecule has 0 fully saturated rings. The van der Waals surface area contributed by atoms with Crippen molar-refractivity contribution in [3.05, 3.63) is 69.1 Å². The first-order valence-corrected chi connectivity index (χ1v) is 9.70. The zero-order valence-corrected chi connectivity index (χ0v) is 17.1. The van der Waals surface area contributed by atoms with E-state index < -0.39 is 5.91 Å². The fourth-order valence-corrected chi connectivity index (χ4v) is 3.63. The number of benzene rings is 2. The third-order valence-electron chi connectivity index (χ3n) is 4.01. The highest BCUT2D eigenvalue weighted by molar-refractivity contribution is 6.40. The molecule has 0 atom stereocenters. The predicted octanol–water partition coefficient (Wildman–Crippen LogP) is 5.84. The molecule has 0 bridgehead atoms. The molecule has 0 radical (unpaired) electrons. The van der Waals surface area contributed by atoms with E-state index in [4.69, 9.17) is 53.4 Å². The summed E-state index contributed by atoms with van der Waals surface area (Å²) in [5.41, 5.74) is 0.563. The van der Waals surface area contributed by atoms with Crippen molar-refractivity contribution in [2.24, 2.45) is 0 Å². The van der Waals surface area contributed by atoms with Crippen molar-refractivity contribution in [2.75, 3.05) is 18.5 Å². The van der Waals surface area contributed by atoms with Crippen LogP contribution in [0.2, 0.25) is 15.1 Å². The smallest absolute Gasteiger partial charge is 0.291 e. The van der Waals surface area contributed by atoms with Crippen LogP contribution in [0.3, 0.4) is 0 Å². The third kappa shape index (κ3) is 4.56. The van der Waals surface area contributed by atoms with Gasteiger partial charge < -0.3 is 23.9 Å². The second-order valence-electron chi connectivity index (χ2n) is 6.07. The van der Waals surface area contributed by atoms with Crippen LogP contribution in [-0.4, -0.2) is 19.1 Å². The summed E-state index contributed by atoms with van der Waals surface area (Å²) in [7, 11) is 0. The first-order chi connectivity index (χ1) is 14.0. The van der Waals surface area contributed by atoms with Crippen molar-refractivity contribution in [1.29, 1.82) is 0 Å². The van der Waals surface area contributed by atoms with Gasteiger partial charge in [0, 0.05) is 16.8 Å². The Hall–Kier alpha value is -2.54. The molecule has 2 heterocycles. The molecule has 6 nitrogen and oxygen atoms in total. The van der Waals surface area contributed by atoms with E-state index in [2.05, 4.69) is 5.32 Å². The van der Waals surface area contributed by atoms with E-state index in [1.165, 1.54) is 12.1 Å². The normalized spacial score (nSPS) is 12.5. The number of anilines is 1. The number of ether oxygens (including phenoxy) is 3. The summed E-state index contributed by atoms with van der Waals surface area (Å²) < 4.78 is 22.1. The van der Waals surface area contributed by atoms with Crippen LogP contribution in [0.15, 0.2) is 46.9 Å². The summed E-state index contributed by atoms with van der Waals surface area (Å²) in [5, 5.41) is 3.73. The number of hydrogen-bond acceptors (Lipinski definition) is 5. The van der Waals surface area contributed by atoms with Crippen molar-refractivity contribution >= 4 is 46.4 Å². The number of nitrogens with one attached hydrogen (secondary N) is 1. The van der Waals surface area contributed by atoms with Gasteiger partial charge in [-0.25, -0.2) is 0 Å². The van der Waals surface area contributed by atoms with Gasteiger partial charge in [-0.1, -0.05) is 34.8 Å². The van der Waals surface area contributed by atoms with Gasteiger partial charge in [0.2, 0.25) is 0 Å². The number of furan rings is 1. The minimum atomic E-state index is -0.407. The summed E-state index contributed by atoms with van der Waals surface area (Å²) in [6.07, 6.45) is 0. The van der Waals surface area contributed by atoms with Crippen molar-refractivity contribution < 1.29 is 23.4 Å². The monoisotopic (exact) mass is 453 g/mol. The van der Waals surface area contributed by atoms with Gasteiger partial charge in [-0.15, -0.1) is 0 Å². The van der Waals surface area contributed by atoms with Crippen LogP contribution in [0, 0.1) is 0 Å². The Labute approximate surface area is 181 Å². The zero-order chi connectivity index (χ0) is 20.4. The molecule has 150 valence electrons. The van der Waals surface area contributed by atoms with Crippen LogP contribution < -0.4 is 19.5 Å². The summed E-state index contributed by atoms with van der Waals surface area (Å²) in [6.45, 7) is 1.01. The van der Waals surface area contributed by atoms with Gasteiger partial charge in [0.05, 0.1) is 10.0 Å². The van der Waals surface area contributed by atoms with Gasteiger partial charge in [-0.2, -0.15) is 0 Å². The lowest BCUT2D eigenvalue weighted by Crippen LogP contribution is -2.16. The van der Waals surface area contributed by atoms with Crippen LogP contribution in [0.5, 0.6) is 17.2 Å². The minimum Gasteiger partial charge on any atom is -0.486 e. The fraction of sp³-hybridized carbons (Fsp3) is 0.150. The Morgan fingerprint density at radius 1 is 0.966 bits per heavy atom. The molecule has 1 N–H and O–H groups in total. The lowest BCUT2D eigenvalue weighted by Gasteiger charge is -2.18. The maximum atomic E-state index is 12.4.